The fraction of sp³-hybridized carbons (Fsp3) is 0.0833. The van der Waals surface area contributed by atoms with Gasteiger partial charge in [-0.2, -0.15) is 0 Å². The fourth-order valence-corrected chi connectivity index (χ4v) is 1.69. The minimum absolute atomic E-state index is 0.250. The van der Waals surface area contributed by atoms with Gasteiger partial charge in [0.25, 0.3) is 0 Å². The third-order valence-electron chi connectivity index (χ3n) is 2.19. The van der Waals surface area contributed by atoms with E-state index in [1.807, 2.05) is 0 Å². The van der Waals surface area contributed by atoms with Crippen molar-refractivity contribution in [3.8, 4) is 0 Å². The van der Waals surface area contributed by atoms with Crippen LogP contribution < -0.4 is 0 Å². The van der Waals surface area contributed by atoms with Gasteiger partial charge in [0, 0.05) is 16.8 Å². The number of ketones is 1. The number of carbonyl (C=O) groups excluding carboxylic acids is 1. The molecule has 0 aliphatic rings. The molecular formula is C12H8Cl2N2O. The standard InChI is InChI=1S/C12H8Cl2N2O/c1-7-5-16-11(6-15-7)12(17)9-4-8(13)2-3-10(9)14/h2-6H,1H3. The minimum atomic E-state index is -0.287. The second kappa shape index (κ2) is 4.82. The van der Waals surface area contributed by atoms with Crippen molar-refractivity contribution in [3.63, 3.8) is 0 Å². The van der Waals surface area contributed by atoms with Crippen LogP contribution in [0.4, 0.5) is 0 Å². The van der Waals surface area contributed by atoms with Crippen LogP contribution in [0.3, 0.4) is 0 Å². The molecule has 0 amide bonds. The number of carbonyl (C=O) groups is 1. The Hall–Kier alpha value is -1.45. The smallest absolute Gasteiger partial charge is 0.214 e. The summed E-state index contributed by atoms with van der Waals surface area (Å²) in [5.74, 6) is -0.287. The van der Waals surface area contributed by atoms with Crippen molar-refractivity contribution in [1.82, 2.24) is 9.97 Å². The Morgan fingerprint density at radius 3 is 2.59 bits per heavy atom. The quantitative estimate of drug-likeness (QED) is 0.784. The Morgan fingerprint density at radius 1 is 1.18 bits per heavy atom. The molecule has 1 aromatic heterocycles. The molecule has 0 radical (unpaired) electrons. The number of halogens is 2. The number of hydrogen-bond acceptors (Lipinski definition) is 3. The second-order valence-electron chi connectivity index (χ2n) is 3.50. The Kier molecular flexibility index (Phi) is 3.41. The van der Waals surface area contributed by atoms with Gasteiger partial charge in [-0.15, -0.1) is 0 Å². The molecule has 86 valence electrons. The van der Waals surface area contributed by atoms with Crippen LogP contribution >= 0.6 is 23.2 Å². The molecule has 2 rings (SSSR count). The van der Waals surface area contributed by atoms with Gasteiger partial charge < -0.3 is 0 Å². The number of hydrogen-bond donors (Lipinski definition) is 0. The van der Waals surface area contributed by atoms with Gasteiger partial charge in [-0.1, -0.05) is 23.2 Å². The zero-order valence-electron chi connectivity index (χ0n) is 8.95. The number of aryl methyl sites for hydroxylation is 1. The molecule has 2 aromatic rings. The molecule has 0 aliphatic heterocycles. The van der Waals surface area contributed by atoms with Crippen LogP contribution in [-0.4, -0.2) is 15.8 Å². The lowest BCUT2D eigenvalue weighted by atomic mass is 10.1. The first kappa shape index (κ1) is 12.0. The van der Waals surface area contributed by atoms with E-state index in [1.165, 1.54) is 18.5 Å². The van der Waals surface area contributed by atoms with E-state index < -0.39 is 0 Å². The highest BCUT2D eigenvalue weighted by molar-refractivity contribution is 6.36. The highest BCUT2D eigenvalue weighted by Gasteiger charge is 2.14. The normalized spacial score (nSPS) is 10.3. The average molecular weight is 267 g/mol. The summed E-state index contributed by atoms with van der Waals surface area (Å²) in [5.41, 5.74) is 1.33. The first-order chi connectivity index (χ1) is 8.08. The zero-order chi connectivity index (χ0) is 12.4. The summed E-state index contributed by atoms with van der Waals surface area (Å²) in [6.45, 7) is 1.80. The van der Waals surface area contributed by atoms with Gasteiger partial charge in [-0.25, -0.2) is 4.98 Å². The predicted octanol–water partition coefficient (Wildman–Crippen LogP) is 3.32. The SMILES string of the molecule is Cc1cnc(C(=O)c2cc(Cl)ccc2Cl)cn1. The Balaban J connectivity index is 2.43. The molecule has 1 aromatic carbocycles. The Morgan fingerprint density at radius 2 is 1.94 bits per heavy atom. The van der Waals surface area contributed by atoms with Gasteiger partial charge in [0.05, 0.1) is 16.9 Å². The lowest BCUT2D eigenvalue weighted by Crippen LogP contribution is -2.05. The molecule has 0 bridgehead atoms. The summed E-state index contributed by atoms with van der Waals surface area (Å²) >= 11 is 11.8. The Labute approximate surface area is 108 Å². The lowest BCUT2D eigenvalue weighted by Gasteiger charge is -2.03. The molecule has 0 saturated carbocycles. The third-order valence-corrected chi connectivity index (χ3v) is 2.75. The summed E-state index contributed by atoms with van der Waals surface area (Å²) in [7, 11) is 0. The van der Waals surface area contributed by atoms with Gasteiger partial charge in [-0.3, -0.25) is 9.78 Å². The van der Waals surface area contributed by atoms with Gasteiger partial charge in [0.2, 0.25) is 5.78 Å². The van der Waals surface area contributed by atoms with Crippen LogP contribution in [0.15, 0.2) is 30.6 Å². The number of rotatable bonds is 2. The van der Waals surface area contributed by atoms with Gasteiger partial charge >= 0.3 is 0 Å². The largest absolute Gasteiger partial charge is 0.287 e. The molecule has 0 N–H and O–H groups in total. The molecular weight excluding hydrogens is 259 g/mol. The van der Waals surface area contributed by atoms with Crippen molar-refractivity contribution >= 4 is 29.0 Å². The van der Waals surface area contributed by atoms with Gasteiger partial charge in [0.1, 0.15) is 5.69 Å². The van der Waals surface area contributed by atoms with Crippen molar-refractivity contribution in [1.29, 1.82) is 0 Å². The maximum absolute atomic E-state index is 12.1. The predicted molar refractivity (Wildman–Crippen MR) is 66.7 cm³/mol. The lowest BCUT2D eigenvalue weighted by molar-refractivity contribution is 0.103. The van der Waals surface area contributed by atoms with E-state index in [0.717, 1.165) is 5.69 Å². The molecule has 1 heterocycles. The number of benzene rings is 1. The molecule has 0 saturated heterocycles. The zero-order valence-corrected chi connectivity index (χ0v) is 10.5. The van der Waals surface area contributed by atoms with E-state index in [2.05, 4.69) is 9.97 Å². The molecule has 0 unspecified atom stereocenters. The van der Waals surface area contributed by atoms with E-state index in [1.54, 1.807) is 19.1 Å². The van der Waals surface area contributed by atoms with E-state index in [0.29, 0.717) is 15.6 Å². The summed E-state index contributed by atoms with van der Waals surface area (Å²) in [6, 6.07) is 4.73. The fourth-order valence-electron chi connectivity index (χ4n) is 1.32. The Bertz CT molecular complexity index is 567. The van der Waals surface area contributed by atoms with Gasteiger partial charge in [-0.05, 0) is 25.1 Å². The van der Waals surface area contributed by atoms with Crippen LogP contribution in [0, 0.1) is 6.92 Å². The molecule has 0 fully saturated rings. The van der Waals surface area contributed by atoms with E-state index in [9.17, 15) is 4.79 Å². The van der Waals surface area contributed by atoms with Crippen molar-refractivity contribution in [2.45, 2.75) is 6.92 Å². The highest BCUT2D eigenvalue weighted by atomic mass is 35.5. The van der Waals surface area contributed by atoms with Crippen LogP contribution in [0.25, 0.3) is 0 Å². The minimum Gasteiger partial charge on any atom is -0.287 e. The second-order valence-corrected chi connectivity index (χ2v) is 4.34. The average Bonchev–Trinajstić information content (AvgIpc) is 2.32. The third kappa shape index (κ3) is 2.62. The summed E-state index contributed by atoms with van der Waals surface area (Å²) in [6.07, 6.45) is 2.96. The van der Waals surface area contributed by atoms with Crippen molar-refractivity contribution in [2.75, 3.05) is 0 Å². The van der Waals surface area contributed by atoms with Gasteiger partial charge in [0.15, 0.2) is 0 Å². The monoisotopic (exact) mass is 266 g/mol. The molecule has 17 heavy (non-hydrogen) atoms. The maximum atomic E-state index is 12.1. The maximum Gasteiger partial charge on any atom is 0.214 e. The molecule has 0 aliphatic carbocycles. The molecule has 0 spiro atoms. The summed E-state index contributed by atoms with van der Waals surface area (Å²) < 4.78 is 0. The number of nitrogens with zero attached hydrogens (tertiary/aromatic N) is 2. The summed E-state index contributed by atoms with van der Waals surface area (Å²) in [4.78, 5) is 20.1. The first-order valence-corrected chi connectivity index (χ1v) is 5.62. The number of aromatic nitrogens is 2. The highest BCUT2D eigenvalue weighted by Crippen LogP contribution is 2.22. The van der Waals surface area contributed by atoms with Crippen molar-refractivity contribution in [2.24, 2.45) is 0 Å². The molecule has 5 heteroatoms. The summed E-state index contributed by atoms with van der Waals surface area (Å²) in [5, 5.41) is 0.805. The van der Waals surface area contributed by atoms with E-state index in [4.69, 9.17) is 23.2 Å². The topological polar surface area (TPSA) is 42.9 Å². The van der Waals surface area contributed by atoms with Crippen LogP contribution in [-0.2, 0) is 0 Å². The molecule has 0 atom stereocenters. The van der Waals surface area contributed by atoms with E-state index >= 15 is 0 Å². The van der Waals surface area contributed by atoms with Crippen LogP contribution in [0.5, 0.6) is 0 Å². The van der Waals surface area contributed by atoms with E-state index in [-0.39, 0.29) is 11.5 Å². The van der Waals surface area contributed by atoms with Crippen molar-refractivity contribution in [3.05, 3.63) is 57.6 Å². The van der Waals surface area contributed by atoms with Crippen LogP contribution in [0.2, 0.25) is 10.0 Å². The molecule has 3 nitrogen and oxygen atoms in total. The van der Waals surface area contributed by atoms with Crippen LogP contribution in [0.1, 0.15) is 21.7 Å². The van der Waals surface area contributed by atoms with Crippen molar-refractivity contribution < 1.29 is 4.79 Å². The first-order valence-electron chi connectivity index (χ1n) is 4.86.